The van der Waals surface area contributed by atoms with Gasteiger partial charge in [0.1, 0.15) is 5.52 Å². The van der Waals surface area contributed by atoms with Crippen LogP contribution in [0.4, 0.5) is 0 Å². The Morgan fingerprint density at radius 3 is 2.70 bits per heavy atom. The van der Waals surface area contributed by atoms with Crippen LogP contribution in [0.5, 0.6) is 0 Å². The van der Waals surface area contributed by atoms with E-state index in [1.54, 1.807) is 0 Å². The van der Waals surface area contributed by atoms with Crippen LogP contribution in [0, 0.1) is 0 Å². The molecule has 2 aromatic rings. The lowest BCUT2D eigenvalue weighted by Crippen LogP contribution is -2.03. The highest BCUT2D eigenvalue weighted by Gasteiger charge is 2.02. The monoisotopic (exact) mass is 291 g/mol. The van der Waals surface area contributed by atoms with Gasteiger partial charge < -0.3 is 0 Å². The molecule has 0 fully saturated rings. The largest absolute Gasteiger partial charge is 0.244 e. The molecule has 0 atom stereocenters. The summed E-state index contributed by atoms with van der Waals surface area (Å²) in [6.45, 7) is 3.23. The summed E-state index contributed by atoms with van der Waals surface area (Å²) in [5, 5.41) is 8.40. The Bertz CT molecular complexity index is 495. The second-order valence-corrected chi connectivity index (χ2v) is 6.41. The SMILES string of the molecule is CCCCCCCCSCCn1nnc2ccccc21. The maximum atomic E-state index is 4.22. The third-order valence-corrected chi connectivity index (χ3v) is 4.56. The van der Waals surface area contributed by atoms with Gasteiger partial charge in [-0.1, -0.05) is 56.4 Å². The van der Waals surface area contributed by atoms with Gasteiger partial charge in [-0.25, -0.2) is 4.68 Å². The smallest absolute Gasteiger partial charge is 0.113 e. The lowest BCUT2D eigenvalue weighted by Gasteiger charge is -2.03. The van der Waals surface area contributed by atoms with Crippen molar-refractivity contribution in [3.05, 3.63) is 24.3 Å². The summed E-state index contributed by atoms with van der Waals surface area (Å²) in [4.78, 5) is 0. The maximum Gasteiger partial charge on any atom is 0.113 e. The molecule has 1 aromatic carbocycles. The minimum absolute atomic E-state index is 0.959. The summed E-state index contributed by atoms with van der Waals surface area (Å²) >= 11 is 2.04. The van der Waals surface area contributed by atoms with E-state index in [9.17, 15) is 0 Å². The number of hydrogen-bond donors (Lipinski definition) is 0. The molecule has 0 saturated heterocycles. The molecule has 20 heavy (non-hydrogen) atoms. The van der Waals surface area contributed by atoms with E-state index in [1.165, 1.54) is 44.3 Å². The molecule has 1 aromatic heterocycles. The standard InChI is InChI=1S/C16H25N3S/c1-2-3-4-5-6-9-13-20-14-12-19-16-11-8-7-10-15(16)17-18-19/h7-8,10-11H,2-6,9,12-14H2,1H3. The molecule has 0 bridgehead atoms. The van der Waals surface area contributed by atoms with Crippen LogP contribution in [0.3, 0.4) is 0 Å². The van der Waals surface area contributed by atoms with Gasteiger partial charge in [0.25, 0.3) is 0 Å². The summed E-state index contributed by atoms with van der Waals surface area (Å²) in [5.41, 5.74) is 2.14. The fourth-order valence-corrected chi connectivity index (χ4v) is 3.23. The van der Waals surface area contributed by atoms with Crippen LogP contribution in [0.25, 0.3) is 11.0 Å². The highest BCUT2D eigenvalue weighted by atomic mass is 32.2. The number of rotatable bonds is 10. The molecule has 0 N–H and O–H groups in total. The Morgan fingerprint density at radius 1 is 1.00 bits per heavy atom. The fourth-order valence-electron chi connectivity index (χ4n) is 2.32. The van der Waals surface area contributed by atoms with Crippen molar-refractivity contribution in [2.45, 2.75) is 52.0 Å². The van der Waals surface area contributed by atoms with Gasteiger partial charge in [0.05, 0.1) is 12.1 Å². The molecule has 2 rings (SSSR count). The Labute approximate surface area is 126 Å². The van der Waals surface area contributed by atoms with Crippen molar-refractivity contribution >= 4 is 22.8 Å². The zero-order valence-electron chi connectivity index (χ0n) is 12.4. The molecule has 0 saturated carbocycles. The van der Waals surface area contributed by atoms with Gasteiger partial charge in [-0.15, -0.1) is 5.10 Å². The quantitative estimate of drug-likeness (QED) is 0.603. The molecule has 0 aliphatic carbocycles. The van der Waals surface area contributed by atoms with E-state index in [-0.39, 0.29) is 0 Å². The highest BCUT2D eigenvalue weighted by molar-refractivity contribution is 7.99. The Kier molecular flexibility index (Phi) is 6.92. The lowest BCUT2D eigenvalue weighted by molar-refractivity contribution is 0.626. The third kappa shape index (κ3) is 4.82. The van der Waals surface area contributed by atoms with Crippen LogP contribution in [0.15, 0.2) is 24.3 Å². The Hall–Kier alpha value is -1.03. The van der Waals surface area contributed by atoms with Crippen LogP contribution >= 0.6 is 11.8 Å². The summed E-state index contributed by atoms with van der Waals surface area (Å²) in [6, 6.07) is 8.16. The van der Waals surface area contributed by atoms with Crippen LogP contribution in [-0.4, -0.2) is 26.5 Å². The number of thioether (sulfide) groups is 1. The molecule has 0 aliphatic heterocycles. The van der Waals surface area contributed by atoms with E-state index >= 15 is 0 Å². The van der Waals surface area contributed by atoms with E-state index < -0.39 is 0 Å². The Balaban J connectivity index is 1.57. The number of para-hydroxylation sites is 1. The second kappa shape index (κ2) is 9.01. The lowest BCUT2D eigenvalue weighted by atomic mass is 10.1. The van der Waals surface area contributed by atoms with Crippen LogP contribution in [-0.2, 0) is 6.54 Å². The van der Waals surface area contributed by atoms with Crippen molar-refractivity contribution in [3.8, 4) is 0 Å². The topological polar surface area (TPSA) is 30.7 Å². The molecule has 4 heteroatoms. The number of benzene rings is 1. The highest BCUT2D eigenvalue weighted by Crippen LogP contribution is 2.13. The van der Waals surface area contributed by atoms with Crippen molar-refractivity contribution < 1.29 is 0 Å². The summed E-state index contributed by atoms with van der Waals surface area (Å²) in [7, 11) is 0. The molecular weight excluding hydrogens is 266 g/mol. The van der Waals surface area contributed by atoms with Crippen molar-refractivity contribution in [3.63, 3.8) is 0 Å². The van der Waals surface area contributed by atoms with Gasteiger partial charge in [-0.3, -0.25) is 0 Å². The number of hydrogen-bond acceptors (Lipinski definition) is 3. The van der Waals surface area contributed by atoms with Crippen molar-refractivity contribution in [2.75, 3.05) is 11.5 Å². The van der Waals surface area contributed by atoms with E-state index in [0.717, 1.165) is 23.3 Å². The minimum Gasteiger partial charge on any atom is -0.244 e. The summed E-state index contributed by atoms with van der Waals surface area (Å²) in [6.07, 6.45) is 8.28. The number of aryl methyl sites for hydroxylation is 1. The predicted molar refractivity (Wildman–Crippen MR) is 88.2 cm³/mol. The number of fused-ring (bicyclic) bond motifs is 1. The predicted octanol–water partition coefficient (Wildman–Crippen LogP) is 4.53. The number of unbranched alkanes of at least 4 members (excludes halogenated alkanes) is 5. The second-order valence-electron chi connectivity index (χ2n) is 5.18. The first kappa shape index (κ1) is 15.4. The van der Waals surface area contributed by atoms with Crippen molar-refractivity contribution in [1.29, 1.82) is 0 Å². The molecular formula is C16H25N3S. The normalized spacial score (nSPS) is 11.2. The van der Waals surface area contributed by atoms with Gasteiger partial charge in [-0.2, -0.15) is 11.8 Å². The van der Waals surface area contributed by atoms with Crippen molar-refractivity contribution in [2.24, 2.45) is 0 Å². The average molecular weight is 291 g/mol. The van der Waals surface area contributed by atoms with Gasteiger partial charge >= 0.3 is 0 Å². The number of nitrogens with zero attached hydrogens (tertiary/aromatic N) is 3. The van der Waals surface area contributed by atoms with Crippen LogP contribution in [0.1, 0.15) is 45.4 Å². The molecule has 0 unspecified atom stereocenters. The fraction of sp³-hybridized carbons (Fsp3) is 0.625. The first-order chi connectivity index (χ1) is 9.92. The molecule has 0 spiro atoms. The minimum atomic E-state index is 0.959. The first-order valence-electron chi connectivity index (χ1n) is 7.78. The van der Waals surface area contributed by atoms with Gasteiger partial charge in [0.15, 0.2) is 0 Å². The van der Waals surface area contributed by atoms with Gasteiger partial charge in [0, 0.05) is 5.75 Å². The van der Waals surface area contributed by atoms with E-state index in [1.807, 2.05) is 34.6 Å². The van der Waals surface area contributed by atoms with E-state index in [2.05, 4.69) is 23.3 Å². The molecule has 0 radical (unpaired) electrons. The summed E-state index contributed by atoms with van der Waals surface area (Å²) < 4.78 is 2.02. The van der Waals surface area contributed by atoms with E-state index in [4.69, 9.17) is 0 Å². The van der Waals surface area contributed by atoms with Gasteiger partial charge in [0.2, 0.25) is 0 Å². The first-order valence-corrected chi connectivity index (χ1v) is 8.93. The van der Waals surface area contributed by atoms with Gasteiger partial charge in [-0.05, 0) is 24.3 Å². The van der Waals surface area contributed by atoms with Crippen molar-refractivity contribution in [1.82, 2.24) is 15.0 Å². The number of aromatic nitrogens is 3. The zero-order chi connectivity index (χ0) is 14.0. The molecule has 0 amide bonds. The zero-order valence-corrected chi connectivity index (χ0v) is 13.2. The Morgan fingerprint density at radius 2 is 1.80 bits per heavy atom. The van der Waals surface area contributed by atoms with Crippen LogP contribution in [0.2, 0.25) is 0 Å². The maximum absolute atomic E-state index is 4.22. The van der Waals surface area contributed by atoms with Crippen LogP contribution < -0.4 is 0 Å². The molecule has 3 nitrogen and oxygen atoms in total. The third-order valence-electron chi connectivity index (χ3n) is 3.51. The van der Waals surface area contributed by atoms with E-state index in [0.29, 0.717) is 0 Å². The molecule has 1 heterocycles. The summed E-state index contributed by atoms with van der Waals surface area (Å²) in [5.74, 6) is 2.40. The molecule has 0 aliphatic rings. The molecule has 110 valence electrons. The average Bonchev–Trinajstić information content (AvgIpc) is 2.89.